The van der Waals surface area contributed by atoms with Crippen molar-refractivity contribution < 1.29 is 4.74 Å². The van der Waals surface area contributed by atoms with Gasteiger partial charge in [-0.25, -0.2) is 0 Å². The predicted octanol–water partition coefficient (Wildman–Crippen LogP) is 1.87. The second-order valence-electron chi connectivity index (χ2n) is 1.91. The van der Waals surface area contributed by atoms with Gasteiger partial charge in [-0.1, -0.05) is 13.8 Å². The molecule has 0 amide bonds. The average molecular weight is 132 g/mol. The highest BCUT2D eigenvalue weighted by Crippen LogP contribution is 2.34. The molecule has 1 rings (SSSR count). The van der Waals surface area contributed by atoms with E-state index in [4.69, 9.17) is 4.74 Å². The maximum atomic E-state index is 5.27. The molecular formula is C6H12OS. The molecule has 1 nitrogen and oxygen atoms in total. The van der Waals surface area contributed by atoms with Crippen LogP contribution in [0.5, 0.6) is 0 Å². The molecule has 1 saturated heterocycles. The maximum Gasteiger partial charge on any atom is 0.129 e. The average Bonchev–Trinajstić information content (AvgIpc) is 2.48. The Bertz CT molecular complexity index is 74.9. The first-order valence-electron chi connectivity index (χ1n) is 3.15. The summed E-state index contributed by atoms with van der Waals surface area (Å²) in [5.74, 6) is 1.18. The predicted molar refractivity (Wildman–Crippen MR) is 37.1 cm³/mol. The summed E-state index contributed by atoms with van der Waals surface area (Å²) < 4.78 is 5.27. The summed E-state index contributed by atoms with van der Waals surface area (Å²) in [4.78, 5) is 0. The number of rotatable bonds is 3. The molecule has 8 heavy (non-hydrogen) atoms. The Labute approximate surface area is 54.8 Å². The third-order valence-electron chi connectivity index (χ3n) is 1.27. The molecule has 48 valence electrons. The minimum Gasteiger partial charge on any atom is -0.358 e. The van der Waals surface area contributed by atoms with Crippen molar-refractivity contribution in [1.29, 1.82) is 0 Å². The molecule has 0 saturated carbocycles. The largest absolute Gasteiger partial charge is 0.358 e. The maximum absolute atomic E-state index is 5.27. The highest BCUT2D eigenvalue weighted by Gasteiger charge is 2.36. The number of thioether (sulfide) groups is 1. The Balaban J connectivity index is 1.99. The molecule has 2 heteroatoms. The van der Waals surface area contributed by atoms with Crippen LogP contribution >= 0.6 is 11.8 Å². The van der Waals surface area contributed by atoms with E-state index in [1.54, 1.807) is 0 Å². The van der Waals surface area contributed by atoms with Crippen LogP contribution in [0.25, 0.3) is 0 Å². The molecule has 0 spiro atoms. The van der Waals surface area contributed by atoms with Crippen LogP contribution in [0.15, 0.2) is 0 Å². The Morgan fingerprint density at radius 3 is 2.62 bits per heavy atom. The fourth-order valence-electron chi connectivity index (χ4n) is 0.726. The molecule has 0 aliphatic carbocycles. The van der Waals surface area contributed by atoms with Crippen LogP contribution in [0.1, 0.15) is 20.3 Å². The van der Waals surface area contributed by atoms with Crippen molar-refractivity contribution >= 4 is 11.8 Å². The first-order chi connectivity index (χ1) is 3.88. The van der Waals surface area contributed by atoms with Crippen molar-refractivity contribution in [2.45, 2.75) is 31.8 Å². The van der Waals surface area contributed by atoms with E-state index in [1.165, 1.54) is 12.2 Å². The lowest BCUT2D eigenvalue weighted by atomic mass is 10.4. The zero-order valence-corrected chi connectivity index (χ0v) is 6.20. The van der Waals surface area contributed by atoms with Gasteiger partial charge in [-0.05, 0) is 12.2 Å². The van der Waals surface area contributed by atoms with Crippen molar-refractivity contribution in [1.82, 2.24) is 0 Å². The Kier molecular flexibility index (Phi) is 2.20. The summed E-state index contributed by atoms with van der Waals surface area (Å²) in [7, 11) is 0. The van der Waals surface area contributed by atoms with E-state index in [-0.39, 0.29) is 0 Å². The quantitative estimate of drug-likeness (QED) is 0.544. The van der Waals surface area contributed by atoms with Gasteiger partial charge in [0.2, 0.25) is 0 Å². The van der Waals surface area contributed by atoms with Gasteiger partial charge < -0.3 is 4.74 Å². The lowest BCUT2D eigenvalue weighted by Crippen LogP contribution is -1.85. The van der Waals surface area contributed by atoms with Crippen LogP contribution in [0.2, 0.25) is 0 Å². The zero-order chi connectivity index (χ0) is 5.98. The first kappa shape index (κ1) is 6.43. The highest BCUT2D eigenvalue weighted by atomic mass is 32.2. The van der Waals surface area contributed by atoms with Gasteiger partial charge in [0.25, 0.3) is 0 Å². The second kappa shape index (κ2) is 2.74. The molecule has 0 N–H and O–H groups in total. The summed E-state index contributed by atoms with van der Waals surface area (Å²) in [5.41, 5.74) is 0.546. The van der Waals surface area contributed by atoms with Gasteiger partial charge in [0.1, 0.15) is 5.44 Å². The zero-order valence-electron chi connectivity index (χ0n) is 5.39. The Morgan fingerprint density at radius 2 is 2.25 bits per heavy atom. The minimum absolute atomic E-state index is 0.546. The van der Waals surface area contributed by atoms with E-state index in [2.05, 4.69) is 13.8 Å². The molecule has 0 aromatic heterocycles. The lowest BCUT2D eigenvalue weighted by Gasteiger charge is -1.84. The van der Waals surface area contributed by atoms with Crippen LogP contribution in [-0.4, -0.2) is 17.3 Å². The van der Waals surface area contributed by atoms with Crippen LogP contribution < -0.4 is 0 Å². The summed E-state index contributed by atoms with van der Waals surface area (Å²) in [6.45, 7) is 4.33. The standard InChI is InChI=1S/C6H12OS/c1-3-5-6(7-5)8-4-2/h5-6H,3-4H2,1-2H3. The molecule has 1 aliphatic heterocycles. The first-order valence-corrected chi connectivity index (χ1v) is 4.20. The molecule has 1 aliphatic rings. The number of hydrogen-bond donors (Lipinski definition) is 0. The van der Waals surface area contributed by atoms with Gasteiger partial charge in [-0.3, -0.25) is 0 Å². The fourth-order valence-corrected chi connectivity index (χ4v) is 1.68. The van der Waals surface area contributed by atoms with Crippen molar-refractivity contribution in [3.63, 3.8) is 0 Å². The fraction of sp³-hybridized carbons (Fsp3) is 1.00. The van der Waals surface area contributed by atoms with Crippen molar-refractivity contribution in [3.8, 4) is 0 Å². The molecule has 1 fully saturated rings. The van der Waals surface area contributed by atoms with E-state index in [1.807, 2.05) is 11.8 Å². The second-order valence-corrected chi connectivity index (χ2v) is 3.28. The van der Waals surface area contributed by atoms with E-state index >= 15 is 0 Å². The van der Waals surface area contributed by atoms with Crippen LogP contribution in [-0.2, 0) is 4.74 Å². The molecule has 0 bridgehead atoms. The van der Waals surface area contributed by atoms with Crippen molar-refractivity contribution in [2.75, 3.05) is 5.75 Å². The van der Waals surface area contributed by atoms with Gasteiger partial charge in [0, 0.05) is 0 Å². The van der Waals surface area contributed by atoms with Crippen LogP contribution in [0, 0.1) is 0 Å². The Hall–Kier alpha value is 0.310. The third-order valence-corrected chi connectivity index (χ3v) is 2.35. The lowest BCUT2D eigenvalue weighted by molar-refractivity contribution is 0.395. The molecule has 1 heterocycles. The van der Waals surface area contributed by atoms with Gasteiger partial charge in [0.15, 0.2) is 0 Å². The Morgan fingerprint density at radius 1 is 1.50 bits per heavy atom. The summed E-state index contributed by atoms with van der Waals surface area (Å²) in [6, 6.07) is 0. The van der Waals surface area contributed by atoms with Gasteiger partial charge in [-0.2, -0.15) is 0 Å². The number of epoxide rings is 1. The molecule has 0 aromatic rings. The highest BCUT2D eigenvalue weighted by molar-refractivity contribution is 8.00. The number of ether oxygens (including phenoxy) is 1. The van der Waals surface area contributed by atoms with E-state index in [0.29, 0.717) is 11.5 Å². The SMILES string of the molecule is CCSC1OC1CC. The third kappa shape index (κ3) is 1.39. The summed E-state index contributed by atoms with van der Waals surface area (Å²) >= 11 is 1.91. The topological polar surface area (TPSA) is 12.5 Å². The van der Waals surface area contributed by atoms with Crippen molar-refractivity contribution in [3.05, 3.63) is 0 Å². The molecule has 2 atom stereocenters. The van der Waals surface area contributed by atoms with Gasteiger partial charge in [0.05, 0.1) is 6.10 Å². The molecular weight excluding hydrogens is 120 g/mol. The van der Waals surface area contributed by atoms with Crippen LogP contribution in [0.3, 0.4) is 0 Å². The smallest absolute Gasteiger partial charge is 0.129 e. The molecule has 2 unspecified atom stereocenters. The van der Waals surface area contributed by atoms with E-state index < -0.39 is 0 Å². The van der Waals surface area contributed by atoms with Gasteiger partial charge in [-0.15, -0.1) is 11.8 Å². The van der Waals surface area contributed by atoms with E-state index in [9.17, 15) is 0 Å². The summed E-state index contributed by atoms with van der Waals surface area (Å²) in [6.07, 6.45) is 1.76. The van der Waals surface area contributed by atoms with Crippen LogP contribution in [0.4, 0.5) is 0 Å². The number of hydrogen-bond acceptors (Lipinski definition) is 2. The van der Waals surface area contributed by atoms with Crippen molar-refractivity contribution in [2.24, 2.45) is 0 Å². The molecule has 0 radical (unpaired) electrons. The summed E-state index contributed by atoms with van der Waals surface area (Å²) in [5, 5.41) is 0. The van der Waals surface area contributed by atoms with Gasteiger partial charge >= 0.3 is 0 Å². The minimum atomic E-state index is 0.546. The van der Waals surface area contributed by atoms with E-state index in [0.717, 1.165) is 0 Å². The monoisotopic (exact) mass is 132 g/mol. The normalized spacial score (nSPS) is 35.2. The molecule has 0 aromatic carbocycles.